The van der Waals surface area contributed by atoms with Gasteiger partial charge >= 0.3 is 6.18 Å². The molecule has 0 radical (unpaired) electrons. The molecule has 0 atom stereocenters. The van der Waals surface area contributed by atoms with Gasteiger partial charge in [0.2, 0.25) is 5.91 Å². The predicted octanol–water partition coefficient (Wildman–Crippen LogP) is 2.67. The maximum Gasteiger partial charge on any atom is 0.416 e. The number of benzene rings is 1. The van der Waals surface area contributed by atoms with Gasteiger partial charge in [0.15, 0.2) is 0 Å². The molecule has 1 saturated carbocycles. The molecule has 1 aliphatic rings. The molecule has 0 aromatic heterocycles. The molecule has 1 fully saturated rings. The minimum Gasteiger partial charge on any atom is -0.388 e. The molecule has 2 N–H and O–H groups in total. The van der Waals surface area contributed by atoms with Crippen LogP contribution in [-0.2, 0) is 17.4 Å². The van der Waals surface area contributed by atoms with E-state index in [1.807, 2.05) is 0 Å². The monoisotopic (exact) mass is 301 g/mol. The molecule has 0 aliphatic heterocycles. The van der Waals surface area contributed by atoms with Crippen molar-refractivity contribution in [3.63, 3.8) is 0 Å². The Labute approximate surface area is 121 Å². The molecule has 6 heteroatoms. The Hall–Kier alpha value is -1.56. The van der Waals surface area contributed by atoms with Crippen molar-refractivity contribution in [3.05, 3.63) is 35.4 Å². The maximum absolute atomic E-state index is 12.6. The maximum atomic E-state index is 12.6. The largest absolute Gasteiger partial charge is 0.416 e. The number of hydrogen-bond donors (Lipinski definition) is 2. The number of carbonyl (C=O) groups is 1. The third-order valence-corrected chi connectivity index (χ3v) is 3.77. The Kier molecular flexibility index (Phi) is 4.56. The molecule has 1 aromatic rings. The van der Waals surface area contributed by atoms with Crippen LogP contribution < -0.4 is 5.32 Å². The highest BCUT2D eigenvalue weighted by Crippen LogP contribution is 2.30. The molecule has 1 amide bonds. The summed E-state index contributed by atoms with van der Waals surface area (Å²) in [4.78, 5) is 11.8. The zero-order chi connectivity index (χ0) is 15.5. The van der Waals surface area contributed by atoms with E-state index >= 15 is 0 Å². The summed E-state index contributed by atoms with van der Waals surface area (Å²) in [6.07, 6.45) is -1.38. The van der Waals surface area contributed by atoms with Gasteiger partial charge < -0.3 is 10.4 Å². The SMILES string of the molecule is O=C(Cc1cccc(C(F)(F)F)c1)NCC1(O)CCCC1. The van der Waals surface area contributed by atoms with Gasteiger partial charge in [0.25, 0.3) is 0 Å². The number of amides is 1. The molecule has 21 heavy (non-hydrogen) atoms. The fourth-order valence-electron chi connectivity index (χ4n) is 2.58. The lowest BCUT2D eigenvalue weighted by Crippen LogP contribution is -2.41. The van der Waals surface area contributed by atoms with Crippen LogP contribution in [0.15, 0.2) is 24.3 Å². The Bertz CT molecular complexity index is 508. The van der Waals surface area contributed by atoms with Crippen molar-refractivity contribution in [1.82, 2.24) is 5.32 Å². The van der Waals surface area contributed by atoms with Crippen LogP contribution in [0.1, 0.15) is 36.8 Å². The van der Waals surface area contributed by atoms with Gasteiger partial charge in [0.1, 0.15) is 0 Å². The van der Waals surface area contributed by atoms with Gasteiger partial charge in [-0.25, -0.2) is 0 Å². The van der Waals surface area contributed by atoms with Crippen molar-refractivity contribution >= 4 is 5.91 Å². The van der Waals surface area contributed by atoms with Crippen LogP contribution in [0.2, 0.25) is 0 Å². The first-order chi connectivity index (χ1) is 9.78. The smallest absolute Gasteiger partial charge is 0.388 e. The molecule has 0 bridgehead atoms. The summed E-state index contributed by atoms with van der Waals surface area (Å²) in [5.74, 6) is -0.380. The molecular weight excluding hydrogens is 283 g/mol. The van der Waals surface area contributed by atoms with Crippen LogP contribution in [0.5, 0.6) is 0 Å². The highest BCUT2D eigenvalue weighted by atomic mass is 19.4. The summed E-state index contributed by atoms with van der Waals surface area (Å²) in [5, 5.41) is 12.7. The Morgan fingerprint density at radius 3 is 2.57 bits per heavy atom. The average Bonchev–Trinajstić information content (AvgIpc) is 2.83. The zero-order valence-electron chi connectivity index (χ0n) is 11.5. The Morgan fingerprint density at radius 1 is 1.29 bits per heavy atom. The molecule has 0 heterocycles. The summed E-state index contributed by atoms with van der Waals surface area (Å²) < 4.78 is 37.7. The summed E-state index contributed by atoms with van der Waals surface area (Å²) >= 11 is 0. The third kappa shape index (κ3) is 4.46. The molecule has 0 unspecified atom stereocenters. The third-order valence-electron chi connectivity index (χ3n) is 3.77. The number of alkyl halides is 3. The Morgan fingerprint density at radius 2 is 1.95 bits per heavy atom. The fraction of sp³-hybridized carbons (Fsp3) is 0.533. The molecule has 1 aromatic carbocycles. The second-order valence-corrected chi connectivity index (χ2v) is 5.58. The van der Waals surface area contributed by atoms with E-state index in [1.54, 1.807) is 0 Å². The molecule has 0 spiro atoms. The average molecular weight is 301 g/mol. The molecule has 116 valence electrons. The van der Waals surface area contributed by atoms with Crippen LogP contribution in [0, 0.1) is 0 Å². The van der Waals surface area contributed by atoms with E-state index in [0.29, 0.717) is 18.4 Å². The Balaban J connectivity index is 1.91. The van der Waals surface area contributed by atoms with Gasteiger partial charge in [-0.15, -0.1) is 0 Å². The van der Waals surface area contributed by atoms with Crippen molar-refractivity contribution in [3.8, 4) is 0 Å². The van der Waals surface area contributed by atoms with E-state index in [4.69, 9.17) is 0 Å². The summed E-state index contributed by atoms with van der Waals surface area (Å²) in [7, 11) is 0. The van der Waals surface area contributed by atoms with Gasteiger partial charge in [-0.2, -0.15) is 13.2 Å². The minimum atomic E-state index is -4.41. The number of rotatable bonds is 4. The highest BCUT2D eigenvalue weighted by Gasteiger charge is 2.32. The lowest BCUT2D eigenvalue weighted by molar-refractivity contribution is -0.137. The highest BCUT2D eigenvalue weighted by molar-refractivity contribution is 5.78. The number of hydrogen-bond acceptors (Lipinski definition) is 2. The lowest BCUT2D eigenvalue weighted by Gasteiger charge is -2.22. The van der Waals surface area contributed by atoms with Crippen LogP contribution in [0.25, 0.3) is 0 Å². The fourth-order valence-corrected chi connectivity index (χ4v) is 2.58. The predicted molar refractivity (Wildman–Crippen MR) is 71.6 cm³/mol. The van der Waals surface area contributed by atoms with E-state index in [1.165, 1.54) is 12.1 Å². The number of carbonyl (C=O) groups excluding carboxylic acids is 1. The van der Waals surface area contributed by atoms with Crippen LogP contribution >= 0.6 is 0 Å². The van der Waals surface area contributed by atoms with E-state index < -0.39 is 17.3 Å². The van der Waals surface area contributed by atoms with Crippen LogP contribution in [0.4, 0.5) is 13.2 Å². The van der Waals surface area contributed by atoms with E-state index in [0.717, 1.165) is 25.0 Å². The van der Waals surface area contributed by atoms with Gasteiger partial charge in [-0.1, -0.05) is 31.0 Å². The first kappa shape index (κ1) is 15.8. The van der Waals surface area contributed by atoms with Crippen molar-refractivity contribution in [2.45, 2.75) is 43.9 Å². The molecular formula is C15H18F3NO2. The quantitative estimate of drug-likeness (QED) is 0.898. The van der Waals surface area contributed by atoms with E-state index in [2.05, 4.69) is 5.32 Å². The standard InChI is InChI=1S/C15H18F3NO2/c16-15(17,18)12-5-3-4-11(8-12)9-13(20)19-10-14(21)6-1-2-7-14/h3-5,8,21H,1-2,6-7,9-10H2,(H,19,20). The number of nitrogens with one attached hydrogen (secondary N) is 1. The van der Waals surface area contributed by atoms with Crippen LogP contribution in [-0.4, -0.2) is 23.2 Å². The van der Waals surface area contributed by atoms with Crippen molar-refractivity contribution in [1.29, 1.82) is 0 Å². The van der Waals surface area contributed by atoms with Gasteiger partial charge in [-0.3, -0.25) is 4.79 Å². The van der Waals surface area contributed by atoms with Gasteiger partial charge in [-0.05, 0) is 24.5 Å². The second-order valence-electron chi connectivity index (χ2n) is 5.58. The van der Waals surface area contributed by atoms with Gasteiger partial charge in [0, 0.05) is 6.54 Å². The van der Waals surface area contributed by atoms with E-state index in [-0.39, 0.29) is 18.9 Å². The van der Waals surface area contributed by atoms with E-state index in [9.17, 15) is 23.1 Å². The van der Waals surface area contributed by atoms with Crippen molar-refractivity contribution < 1.29 is 23.1 Å². The summed E-state index contributed by atoms with van der Waals surface area (Å²) in [6.45, 7) is 0.158. The first-order valence-electron chi connectivity index (χ1n) is 6.94. The van der Waals surface area contributed by atoms with Crippen molar-refractivity contribution in [2.24, 2.45) is 0 Å². The minimum absolute atomic E-state index is 0.125. The summed E-state index contributed by atoms with van der Waals surface area (Å²) in [6, 6.07) is 4.72. The molecule has 3 nitrogen and oxygen atoms in total. The van der Waals surface area contributed by atoms with Crippen LogP contribution in [0.3, 0.4) is 0 Å². The summed E-state index contributed by atoms with van der Waals surface area (Å²) in [5.41, 5.74) is -1.31. The second kappa shape index (κ2) is 6.05. The zero-order valence-corrected chi connectivity index (χ0v) is 11.5. The molecule has 0 saturated heterocycles. The lowest BCUT2D eigenvalue weighted by atomic mass is 10.0. The number of aliphatic hydroxyl groups is 1. The van der Waals surface area contributed by atoms with Gasteiger partial charge in [0.05, 0.1) is 17.6 Å². The first-order valence-corrected chi connectivity index (χ1v) is 6.94. The topological polar surface area (TPSA) is 49.3 Å². The molecule has 1 aliphatic carbocycles. The number of halogens is 3. The van der Waals surface area contributed by atoms with Crippen molar-refractivity contribution in [2.75, 3.05) is 6.54 Å². The molecule has 2 rings (SSSR count). The normalized spacial score (nSPS) is 17.7.